The molecule has 2 rings (SSSR count). The van der Waals surface area contributed by atoms with Gasteiger partial charge in [-0.2, -0.15) is 5.26 Å². The zero-order chi connectivity index (χ0) is 15.4. The second kappa shape index (κ2) is 6.61. The SMILES string of the molecule is N#Cc1ccc(NCc2ccc(C(N)=O)cc2Cl)c(Br)c1. The summed E-state index contributed by atoms with van der Waals surface area (Å²) >= 11 is 9.53. The molecule has 2 aromatic carbocycles. The Balaban J connectivity index is 2.13. The topological polar surface area (TPSA) is 78.9 Å². The summed E-state index contributed by atoms with van der Waals surface area (Å²) in [5, 5.41) is 12.5. The van der Waals surface area contributed by atoms with Crippen LogP contribution in [0.2, 0.25) is 5.02 Å². The Morgan fingerprint density at radius 2 is 2.10 bits per heavy atom. The summed E-state index contributed by atoms with van der Waals surface area (Å²) in [6, 6.07) is 12.3. The first-order chi connectivity index (χ1) is 10.0. The number of nitrogens with zero attached hydrogens (tertiary/aromatic N) is 1. The zero-order valence-corrected chi connectivity index (χ0v) is 13.2. The van der Waals surface area contributed by atoms with Crippen LogP contribution in [-0.2, 0) is 6.54 Å². The van der Waals surface area contributed by atoms with Crippen molar-refractivity contribution in [2.24, 2.45) is 5.73 Å². The van der Waals surface area contributed by atoms with Crippen molar-refractivity contribution in [2.45, 2.75) is 6.54 Å². The molecule has 2 aromatic rings. The monoisotopic (exact) mass is 363 g/mol. The summed E-state index contributed by atoms with van der Waals surface area (Å²) in [4.78, 5) is 11.1. The molecule has 0 atom stereocenters. The first-order valence-electron chi connectivity index (χ1n) is 6.03. The van der Waals surface area contributed by atoms with E-state index >= 15 is 0 Å². The van der Waals surface area contributed by atoms with E-state index in [0.717, 1.165) is 15.7 Å². The maximum Gasteiger partial charge on any atom is 0.248 e. The highest BCUT2D eigenvalue weighted by atomic mass is 79.9. The van der Waals surface area contributed by atoms with Gasteiger partial charge in [0.15, 0.2) is 0 Å². The fraction of sp³-hybridized carbons (Fsp3) is 0.0667. The summed E-state index contributed by atoms with van der Waals surface area (Å²) < 4.78 is 0.798. The van der Waals surface area contributed by atoms with Gasteiger partial charge in [-0.05, 0) is 51.8 Å². The van der Waals surface area contributed by atoms with E-state index in [4.69, 9.17) is 22.6 Å². The number of nitrogens with two attached hydrogens (primary N) is 1. The molecule has 1 amide bonds. The van der Waals surface area contributed by atoms with Crippen LogP contribution in [0.5, 0.6) is 0 Å². The molecule has 0 aromatic heterocycles. The van der Waals surface area contributed by atoms with Crippen molar-refractivity contribution in [3.8, 4) is 6.07 Å². The van der Waals surface area contributed by atoms with Gasteiger partial charge in [0.05, 0.1) is 11.6 Å². The summed E-state index contributed by atoms with van der Waals surface area (Å²) in [7, 11) is 0. The third-order valence-electron chi connectivity index (χ3n) is 2.91. The summed E-state index contributed by atoms with van der Waals surface area (Å²) in [6.45, 7) is 0.488. The number of carbonyl (C=O) groups excluding carboxylic acids is 1. The van der Waals surface area contributed by atoms with E-state index < -0.39 is 5.91 Å². The molecule has 0 aliphatic carbocycles. The second-order valence-corrected chi connectivity index (χ2v) is 5.59. The van der Waals surface area contributed by atoms with Gasteiger partial charge in [-0.1, -0.05) is 17.7 Å². The van der Waals surface area contributed by atoms with Crippen LogP contribution < -0.4 is 11.1 Å². The van der Waals surface area contributed by atoms with Gasteiger partial charge in [0.2, 0.25) is 5.91 Å². The van der Waals surface area contributed by atoms with Crippen LogP contribution in [0, 0.1) is 11.3 Å². The molecule has 6 heteroatoms. The number of hydrogen-bond acceptors (Lipinski definition) is 3. The standard InChI is InChI=1S/C15H11BrClN3O/c16-12-5-9(7-18)1-4-14(12)20-8-11-3-2-10(15(19)21)6-13(11)17/h1-6,20H,8H2,(H2,19,21). The Labute approximate surface area is 135 Å². The number of primary amides is 1. The van der Waals surface area contributed by atoms with E-state index in [1.54, 1.807) is 30.3 Å². The van der Waals surface area contributed by atoms with Crippen molar-refractivity contribution in [3.63, 3.8) is 0 Å². The fourth-order valence-electron chi connectivity index (χ4n) is 1.76. The molecule has 0 spiro atoms. The van der Waals surface area contributed by atoms with E-state index in [1.807, 2.05) is 6.07 Å². The third kappa shape index (κ3) is 3.75. The zero-order valence-electron chi connectivity index (χ0n) is 10.9. The lowest BCUT2D eigenvalue weighted by molar-refractivity contribution is 0.100. The number of rotatable bonds is 4. The highest BCUT2D eigenvalue weighted by molar-refractivity contribution is 9.10. The highest BCUT2D eigenvalue weighted by Gasteiger charge is 2.07. The lowest BCUT2D eigenvalue weighted by Gasteiger charge is -2.10. The summed E-state index contributed by atoms with van der Waals surface area (Å²) in [6.07, 6.45) is 0. The number of hydrogen-bond donors (Lipinski definition) is 2. The van der Waals surface area contributed by atoms with E-state index in [0.29, 0.717) is 22.7 Å². The average molecular weight is 365 g/mol. The minimum Gasteiger partial charge on any atom is -0.380 e. The lowest BCUT2D eigenvalue weighted by Crippen LogP contribution is -2.11. The van der Waals surface area contributed by atoms with Crippen molar-refractivity contribution in [3.05, 3.63) is 62.6 Å². The van der Waals surface area contributed by atoms with Gasteiger partial charge in [-0.15, -0.1) is 0 Å². The summed E-state index contributed by atoms with van der Waals surface area (Å²) in [5.74, 6) is -0.508. The van der Waals surface area contributed by atoms with E-state index in [1.165, 1.54) is 0 Å². The number of nitriles is 1. The molecular formula is C15H11BrClN3O. The van der Waals surface area contributed by atoms with Gasteiger partial charge in [-0.25, -0.2) is 0 Å². The number of anilines is 1. The smallest absolute Gasteiger partial charge is 0.248 e. The van der Waals surface area contributed by atoms with Crippen molar-refractivity contribution in [1.82, 2.24) is 0 Å². The number of nitrogens with one attached hydrogen (secondary N) is 1. The van der Waals surface area contributed by atoms with Crippen LogP contribution in [0.3, 0.4) is 0 Å². The number of halogens is 2. The molecule has 0 unspecified atom stereocenters. The molecule has 0 aliphatic heterocycles. The molecular weight excluding hydrogens is 354 g/mol. The molecule has 0 fully saturated rings. The largest absolute Gasteiger partial charge is 0.380 e. The van der Waals surface area contributed by atoms with E-state index in [2.05, 4.69) is 27.3 Å². The lowest BCUT2D eigenvalue weighted by atomic mass is 10.1. The van der Waals surface area contributed by atoms with Gasteiger partial charge >= 0.3 is 0 Å². The fourth-order valence-corrected chi connectivity index (χ4v) is 2.53. The van der Waals surface area contributed by atoms with Crippen molar-refractivity contribution in [2.75, 3.05) is 5.32 Å². The first-order valence-corrected chi connectivity index (χ1v) is 7.20. The number of carbonyl (C=O) groups is 1. The molecule has 0 aliphatic rings. The Kier molecular flexibility index (Phi) is 4.84. The molecule has 4 nitrogen and oxygen atoms in total. The highest BCUT2D eigenvalue weighted by Crippen LogP contribution is 2.25. The van der Waals surface area contributed by atoms with Crippen LogP contribution >= 0.6 is 27.5 Å². The molecule has 0 saturated heterocycles. The van der Waals surface area contributed by atoms with Crippen molar-refractivity contribution in [1.29, 1.82) is 5.26 Å². The molecule has 0 heterocycles. The molecule has 106 valence electrons. The third-order valence-corrected chi connectivity index (χ3v) is 3.91. The molecule has 3 N–H and O–H groups in total. The summed E-state index contributed by atoms with van der Waals surface area (Å²) in [5.41, 5.74) is 7.85. The van der Waals surface area contributed by atoms with Gasteiger partial charge in [0.1, 0.15) is 0 Å². The van der Waals surface area contributed by atoms with Crippen LogP contribution in [0.4, 0.5) is 5.69 Å². The number of benzene rings is 2. The van der Waals surface area contributed by atoms with Gasteiger partial charge < -0.3 is 11.1 Å². The first kappa shape index (κ1) is 15.4. The predicted molar refractivity (Wildman–Crippen MR) is 86.2 cm³/mol. The van der Waals surface area contributed by atoms with Crippen LogP contribution in [0.15, 0.2) is 40.9 Å². The predicted octanol–water partition coefficient (Wildman–Crippen LogP) is 3.69. The minimum absolute atomic E-state index is 0.378. The molecule has 0 radical (unpaired) electrons. The maximum absolute atomic E-state index is 11.1. The van der Waals surface area contributed by atoms with Gasteiger partial charge in [-0.3, -0.25) is 4.79 Å². The van der Waals surface area contributed by atoms with Gasteiger partial charge in [0.25, 0.3) is 0 Å². The Morgan fingerprint density at radius 3 is 2.67 bits per heavy atom. The van der Waals surface area contributed by atoms with E-state index in [-0.39, 0.29) is 0 Å². The van der Waals surface area contributed by atoms with Crippen molar-refractivity contribution >= 4 is 39.1 Å². The van der Waals surface area contributed by atoms with Crippen LogP contribution in [0.1, 0.15) is 21.5 Å². The average Bonchev–Trinajstić information content (AvgIpc) is 2.46. The van der Waals surface area contributed by atoms with Crippen LogP contribution in [0.25, 0.3) is 0 Å². The van der Waals surface area contributed by atoms with Crippen molar-refractivity contribution < 1.29 is 4.79 Å². The van der Waals surface area contributed by atoms with Crippen LogP contribution in [-0.4, -0.2) is 5.91 Å². The molecule has 0 bridgehead atoms. The van der Waals surface area contributed by atoms with E-state index in [9.17, 15) is 4.79 Å². The van der Waals surface area contributed by atoms with Gasteiger partial charge in [0, 0.05) is 27.3 Å². The minimum atomic E-state index is -0.508. The number of amides is 1. The maximum atomic E-state index is 11.1. The Hall–Kier alpha value is -2.03. The molecule has 0 saturated carbocycles. The second-order valence-electron chi connectivity index (χ2n) is 4.33. The Bertz CT molecular complexity index is 740. The molecule has 21 heavy (non-hydrogen) atoms. The Morgan fingerprint density at radius 1 is 1.33 bits per heavy atom. The quantitative estimate of drug-likeness (QED) is 0.868. The normalized spacial score (nSPS) is 9.95.